The average molecular weight is 424 g/mol. The molecular formula is C21H17FN4O3S. The van der Waals surface area contributed by atoms with E-state index in [0.717, 1.165) is 11.1 Å². The molecule has 30 heavy (non-hydrogen) atoms. The van der Waals surface area contributed by atoms with E-state index in [9.17, 15) is 14.0 Å². The summed E-state index contributed by atoms with van der Waals surface area (Å²) in [5.41, 5.74) is 3.48. The number of benzene rings is 2. The third-order valence-electron chi connectivity index (χ3n) is 4.53. The number of methoxy groups -OCH3 is 1. The summed E-state index contributed by atoms with van der Waals surface area (Å²) in [6, 6.07) is 13.0. The molecule has 0 atom stereocenters. The molecule has 0 saturated heterocycles. The molecule has 0 aliphatic carbocycles. The van der Waals surface area contributed by atoms with Crippen molar-refractivity contribution in [1.82, 2.24) is 19.6 Å². The molecular weight excluding hydrogens is 407 g/mol. The van der Waals surface area contributed by atoms with Gasteiger partial charge in [-0.05, 0) is 42.3 Å². The Labute approximate surface area is 174 Å². The lowest BCUT2D eigenvalue weighted by molar-refractivity contribution is 0.0600. The Kier molecular flexibility index (Phi) is 5.37. The van der Waals surface area contributed by atoms with Gasteiger partial charge in [-0.2, -0.15) is 9.61 Å². The topological polar surface area (TPSA) is 89.3 Å². The van der Waals surface area contributed by atoms with E-state index >= 15 is 0 Å². The first-order chi connectivity index (χ1) is 14.5. The number of hydrogen-bond donors (Lipinski definition) is 1. The zero-order chi connectivity index (χ0) is 21.3. The molecule has 0 aliphatic heterocycles. The summed E-state index contributed by atoms with van der Waals surface area (Å²) < 4.78 is 19.2. The van der Waals surface area contributed by atoms with Crippen molar-refractivity contribution in [2.45, 2.75) is 17.8 Å². The molecule has 0 unspecified atom stereocenters. The zero-order valence-electron chi connectivity index (χ0n) is 16.2. The number of aryl methyl sites for hydroxylation is 1. The van der Waals surface area contributed by atoms with E-state index in [2.05, 4.69) is 15.1 Å². The van der Waals surface area contributed by atoms with Gasteiger partial charge in [0.2, 0.25) is 0 Å². The van der Waals surface area contributed by atoms with Gasteiger partial charge in [0.15, 0.2) is 10.8 Å². The van der Waals surface area contributed by atoms with Crippen LogP contribution >= 0.6 is 11.8 Å². The van der Waals surface area contributed by atoms with E-state index in [0.29, 0.717) is 33.4 Å². The molecule has 0 fully saturated rings. The summed E-state index contributed by atoms with van der Waals surface area (Å²) in [6.07, 6.45) is 0. The van der Waals surface area contributed by atoms with Crippen molar-refractivity contribution >= 4 is 23.4 Å². The summed E-state index contributed by atoms with van der Waals surface area (Å²) in [6.45, 7) is 1.78. The first kappa shape index (κ1) is 19.8. The SMILES string of the molecule is COC(=O)c1ccc(CSc2nc3c(-c4ccc(F)cc4)c(C)nn3c(=O)[nH]2)cc1. The third-order valence-corrected chi connectivity index (χ3v) is 5.48. The number of nitrogens with one attached hydrogen (secondary N) is 1. The second kappa shape index (κ2) is 8.11. The van der Waals surface area contributed by atoms with Crippen LogP contribution in [0.15, 0.2) is 58.5 Å². The van der Waals surface area contributed by atoms with Crippen LogP contribution in [0.5, 0.6) is 0 Å². The van der Waals surface area contributed by atoms with Crippen molar-refractivity contribution in [1.29, 1.82) is 0 Å². The highest BCUT2D eigenvalue weighted by atomic mass is 32.2. The Morgan fingerprint density at radius 3 is 2.53 bits per heavy atom. The Morgan fingerprint density at radius 2 is 1.87 bits per heavy atom. The quantitative estimate of drug-likeness (QED) is 0.389. The Bertz CT molecular complexity index is 1280. The highest BCUT2D eigenvalue weighted by Crippen LogP contribution is 2.28. The van der Waals surface area contributed by atoms with Gasteiger partial charge in [-0.3, -0.25) is 4.98 Å². The summed E-state index contributed by atoms with van der Waals surface area (Å²) in [5.74, 6) is -0.192. The van der Waals surface area contributed by atoms with Crippen molar-refractivity contribution in [2.75, 3.05) is 7.11 Å². The van der Waals surface area contributed by atoms with Gasteiger partial charge >= 0.3 is 11.7 Å². The predicted molar refractivity (Wildman–Crippen MR) is 111 cm³/mol. The summed E-state index contributed by atoms with van der Waals surface area (Å²) in [7, 11) is 1.34. The Hall–Kier alpha value is -3.46. The lowest BCUT2D eigenvalue weighted by Crippen LogP contribution is -2.19. The number of aromatic amines is 1. The molecule has 4 aromatic rings. The van der Waals surface area contributed by atoms with Crippen LogP contribution in [-0.2, 0) is 10.5 Å². The zero-order valence-corrected chi connectivity index (χ0v) is 17.0. The third kappa shape index (κ3) is 3.84. The van der Waals surface area contributed by atoms with Crippen LogP contribution in [0.25, 0.3) is 16.8 Å². The van der Waals surface area contributed by atoms with Crippen LogP contribution in [0.2, 0.25) is 0 Å². The largest absolute Gasteiger partial charge is 0.465 e. The number of esters is 1. The lowest BCUT2D eigenvalue weighted by atomic mass is 10.1. The molecule has 0 bridgehead atoms. The van der Waals surface area contributed by atoms with E-state index < -0.39 is 11.7 Å². The van der Waals surface area contributed by atoms with E-state index in [1.54, 1.807) is 31.2 Å². The van der Waals surface area contributed by atoms with Crippen molar-refractivity contribution < 1.29 is 13.9 Å². The molecule has 9 heteroatoms. The fourth-order valence-electron chi connectivity index (χ4n) is 3.06. The van der Waals surface area contributed by atoms with Gasteiger partial charge < -0.3 is 4.74 Å². The number of hydrogen-bond acceptors (Lipinski definition) is 6. The smallest absolute Gasteiger partial charge is 0.350 e. The first-order valence-corrected chi connectivity index (χ1v) is 10.0. The number of nitrogens with zero attached hydrogens (tertiary/aromatic N) is 3. The van der Waals surface area contributed by atoms with Crippen LogP contribution in [0.4, 0.5) is 4.39 Å². The standard InChI is InChI=1S/C21H17FN4O3S/c1-12-17(14-7-9-16(22)10-8-14)18-23-20(24-21(28)26(18)25-12)30-11-13-3-5-15(6-4-13)19(27)29-2/h3-10H,11H2,1-2H3,(H,23,24,28). The van der Waals surface area contributed by atoms with Gasteiger partial charge in [0.1, 0.15) is 5.82 Å². The molecule has 2 aromatic heterocycles. The van der Waals surface area contributed by atoms with Gasteiger partial charge in [0.25, 0.3) is 0 Å². The van der Waals surface area contributed by atoms with Crippen LogP contribution in [0, 0.1) is 12.7 Å². The number of carbonyl (C=O) groups is 1. The lowest BCUT2D eigenvalue weighted by Gasteiger charge is -2.05. The average Bonchev–Trinajstić information content (AvgIpc) is 3.09. The number of halogens is 1. The fraction of sp³-hybridized carbons (Fsp3) is 0.143. The van der Waals surface area contributed by atoms with Gasteiger partial charge in [0.05, 0.1) is 18.4 Å². The second-order valence-corrected chi connectivity index (χ2v) is 7.49. The highest BCUT2D eigenvalue weighted by molar-refractivity contribution is 7.98. The van der Waals surface area contributed by atoms with Crippen molar-refractivity contribution in [3.63, 3.8) is 0 Å². The molecule has 0 radical (unpaired) electrons. The molecule has 0 aliphatic rings. The monoisotopic (exact) mass is 424 g/mol. The molecule has 4 rings (SSSR count). The van der Waals surface area contributed by atoms with Gasteiger partial charge in [-0.25, -0.2) is 19.0 Å². The summed E-state index contributed by atoms with van der Waals surface area (Å²) in [5, 5.41) is 4.71. The number of thioether (sulfide) groups is 1. The number of H-pyrrole nitrogens is 1. The minimum absolute atomic E-state index is 0.340. The van der Waals surface area contributed by atoms with Crippen LogP contribution in [-0.4, -0.2) is 32.7 Å². The maximum absolute atomic E-state index is 13.3. The van der Waals surface area contributed by atoms with Crippen molar-refractivity contribution in [2.24, 2.45) is 0 Å². The fourth-order valence-corrected chi connectivity index (χ4v) is 3.86. The summed E-state index contributed by atoms with van der Waals surface area (Å²) >= 11 is 1.35. The van der Waals surface area contributed by atoms with Crippen LogP contribution < -0.4 is 5.69 Å². The van der Waals surface area contributed by atoms with E-state index in [1.165, 1.54) is 35.5 Å². The Balaban J connectivity index is 1.64. The molecule has 0 spiro atoms. The van der Waals surface area contributed by atoms with Crippen molar-refractivity contribution in [3.8, 4) is 11.1 Å². The highest BCUT2D eigenvalue weighted by Gasteiger charge is 2.16. The molecule has 2 heterocycles. The Morgan fingerprint density at radius 1 is 1.17 bits per heavy atom. The number of fused-ring (bicyclic) bond motifs is 1. The molecule has 0 saturated carbocycles. The maximum Gasteiger partial charge on any atom is 0.350 e. The van der Waals surface area contributed by atoms with Crippen LogP contribution in [0.3, 0.4) is 0 Å². The molecule has 7 nitrogen and oxygen atoms in total. The molecule has 0 amide bonds. The maximum atomic E-state index is 13.3. The summed E-state index contributed by atoms with van der Waals surface area (Å²) in [4.78, 5) is 31.3. The minimum atomic E-state index is -0.403. The normalized spacial score (nSPS) is 11.0. The molecule has 2 aromatic carbocycles. The van der Waals surface area contributed by atoms with E-state index in [4.69, 9.17) is 4.74 Å². The number of ether oxygens (including phenoxy) is 1. The number of carbonyl (C=O) groups excluding carboxylic acids is 1. The van der Waals surface area contributed by atoms with Crippen LogP contribution in [0.1, 0.15) is 21.6 Å². The number of aromatic nitrogens is 4. The molecule has 1 N–H and O–H groups in total. The van der Waals surface area contributed by atoms with Gasteiger partial charge in [0, 0.05) is 11.3 Å². The van der Waals surface area contributed by atoms with Crippen molar-refractivity contribution in [3.05, 3.63) is 81.7 Å². The number of rotatable bonds is 5. The van der Waals surface area contributed by atoms with E-state index in [1.807, 2.05) is 12.1 Å². The first-order valence-electron chi connectivity index (χ1n) is 9.02. The minimum Gasteiger partial charge on any atom is -0.465 e. The second-order valence-electron chi connectivity index (χ2n) is 6.53. The van der Waals surface area contributed by atoms with E-state index in [-0.39, 0.29) is 5.82 Å². The van der Waals surface area contributed by atoms with Gasteiger partial charge in [-0.1, -0.05) is 36.0 Å². The predicted octanol–water partition coefficient (Wildman–Crippen LogP) is 3.61. The van der Waals surface area contributed by atoms with Gasteiger partial charge in [-0.15, -0.1) is 0 Å². The molecule has 152 valence electrons.